The van der Waals surface area contributed by atoms with E-state index in [-0.39, 0.29) is 22.5 Å². The maximum Gasteiger partial charge on any atom is 0.339 e. The van der Waals surface area contributed by atoms with Crippen LogP contribution in [0.15, 0.2) is 97.1 Å². The van der Waals surface area contributed by atoms with Gasteiger partial charge in [-0.05, 0) is 80.5 Å². The number of aryl methyl sites for hydroxylation is 1. The minimum atomic E-state index is -0.588. The molecule has 0 radical (unpaired) electrons. The van der Waals surface area contributed by atoms with Gasteiger partial charge in [0.25, 0.3) is 5.69 Å². The first-order valence-electron chi connectivity index (χ1n) is 14.8. The molecule has 0 spiro atoms. The summed E-state index contributed by atoms with van der Waals surface area (Å²) in [7, 11) is 0. The van der Waals surface area contributed by atoms with Crippen molar-refractivity contribution in [1.29, 1.82) is 0 Å². The standard InChI is InChI=1S/C36H39N3O5/c1-36(2,3)44-35(41)32-15-9-8-14-31(32)28-19-17-27(18-20-28)25-38-34(40)16-10-7-13-29-23-30(21-22-33(29)39(42)43)37-24-26-11-5-4-6-12-26/h4-6,8-9,11-12,14-15,17-23,37H,7,10,13,16,24-25H2,1-3H3,(H,38,40). The molecule has 0 aliphatic heterocycles. The van der Waals surface area contributed by atoms with Crippen LogP contribution in [0.1, 0.15) is 67.1 Å². The van der Waals surface area contributed by atoms with Crippen molar-refractivity contribution in [1.82, 2.24) is 5.32 Å². The summed E-state index contributed by atoms with van der Waals surface area (Å²) in [6, 6.07) is 30.1. The molecule has 228 valence electrons. The molecule has 4 aromatic carbocycles. The summed E-state index contributed by atoms with van der Waals surface area (Å²) in [6.07, 6.45) is 2.12. The zero-order chi connectivity index (χ0) is 31.5. The van der Waals surface area contributed by atoms with Crippen LogP contribution in [0.4, 0.5) is 11.4 Å². The Morgan fingerprint density at radius 1 is 0.818 bits per heavy atom. The van der Waals surface area contributed by atoms with Gasteiger partial charge in [-0.25, -0.2) is 4.79 Å². The Hall–Kier alpha value is -4.98. The third kappa shape index (κ3) is 9.52. The molecule has 4 aromatic rings. The van der Waals surface area contributed by atoms with Gasteiger partial charge in [0, 0.05) is 36.8 Å². The highest BCUT2D eigenvalue weighted by molar-refractivity contribution is 5.97. The van der Waals surface area contributed by atoms with Crippen molar-refractivity contribution in [3.8, 4) is 11.1 Å². The molecule has 8 nitrogen and oxygen atoms in total. The van der Waals surface area contributed by atoms with Crippen LogP contribution in [0.3, 0.4) is 0 Å². The number of unbranched alkanes of at least 4 members (excludes halogenated alkanes) is 1. The topological polar surface area (TPSA) is 111 Å². The number of nitrogens with one attached hydrogen (secondary N) is 2. The normalized spacial score (nSPS) is 11.1. The van der Waals surface area contributed by atoms with Crippen molar-refractivity contribution < 1.29 is 19.2 Å². The van der Waals surface area contributed by atoms with E-state index in [0.717, 1.165) is 27.9 Å². The fourth-order valence-corrected chi connectivity index (χ4v) is 4.81. The van der Waals surface area contributed by atoms with Crippen LogP contribution in [0.2, 0.25) is 0 Å². The lowest BCUT2D eigenvalue weighted by Gasteiger charge is -2.20. The first-order chi connectivity index (χ1) is 21.1. The van der Waals surface area contributed by atoms with Gasteiger partial charge < -0.3 is 15.4 Å². The SMILES string of the molecule is CC(C)(C)OC(=O)c1ccccc1-c1ccc(CNC(=O)CCCCc2cc(NCc3ccccc3)ccc2[N+](=O)[O-])cc1. The van der Waals surface area contributed by atoms with Crippen LogP contribution < -0.4 is 10.6 Å². The summed E-state index contributed by atoms with van der Waals surface area (Å²) in [5.74, 6) is -0.441. The highest BCUT2D eigenvalue weighted by Gasteiger charge is 2.20. The summed E-state index contributed by atoms with van der Waals surface area (Å²) >= 11 is 0. The number of anilines is 1. The maximum atomic E-state index is 12.7. The number of carbonyl (C=O) groups is 2. The van der Waals surface area contributed by atoms with Gasteiger partial charge in [0.15, 0.2) is 0 Å². The molecular formula is C36H39N3O5. The molecule has 0 aliphatic rings. The highest BCUT2D eigenvalue weighted by atomic mass is 16.6. The van der Waals surface area contributed by atoms with Crippen LogP contribution in [0.5, 0.6) is 0 Å². The molecule has 44 heavy (non-hydrogen) atoms. The first kappa shape index (κ1) is 31.9. The van der Waals surface area contributed by atoms with Crippen molar-refractivity contribution in [2.75, 3.05) is 5.32 Å². The number of hydrogen-bond acceptors (Lipinski definition) is 6. The Kier molecular flexibility index (Phi) is 10.9. The lowest BCUT2D eigenvalue weighted by Crippen LogP contribution is -2.24. The Morgan fingerprint density at radius 2 is 1.50 bits per heavy atom. The fraction of sp³-hybridized carbons (Fsp3) is 0.278. The lowest BCUT2D eigenvalue weighted by atomic mass is 9.98. The molecule has 0 aromatic heterocycles. The zero-order valence-corrected chi connectivity index (χ0v) is 25.5. The van der Waals surface area contributed by atoms with Gasteiger partial charge in [0.1, 0.15) is 5.60 Å². The van der Waals surface area contributed by atoms with Crippen LogP contribution in [-0.2, 0) is 29.0 Å². The van der Waals surface area contributed by atoms with Crippen molar-refractivity contribution in [3.05, 3.63) is 129 Å². The molecule has 0 bridgehead atoms. The second kappa shape index (κ2) is 15.0. The molecule has 0 saturated carbocycles. The van der Waals surface area contributed by atoms with Gasteiger partial charge in [-0.3, -0.25) is 14.9 Å². The van der Waals surface area contributed by atoms with Crippen LogP contribution in [0, 0.1) is 10.1 Å². The molecule has 0 atom stereocenters. The van der Waals surface area contributed by atoms with Crippen molar-refractivity contribution in [2.45, 2.75) is 65.1 Å². The molecule has 4 rings (SSSR count). The molecule has 0 saturated heterocycles. The molecule has 2 N–H and O–H groups in total. The van der Waals surface area contributed by atoms with Crippen LogP contribution in [-0.4, -0.2) is 22.4 Å². The molecule has 0 fully saturated rings. The van der Waals surface area contributed by atoms with Gasteiger partial charge in [-0.2, -0.15) is 0 Å². The minimum absolute atomic E-state index is 0.0721. The fourth-order valence-electron chi connectivity index (χ4n) is 4.81. The minimum Gasteiger partial charge on any atom is -0.456 e. The van der Waals surface area contributed by atoms with E-state index in [9.17, 15) is 19.7 Å². The molecule has 0 aliphatic carbocycles. The number of benzene rings is 4. The number of hydrogen-bond donors (Lipinski definition) is 2. The smallest absolute Gasteiger partial charge is 0.339 e. The zero-order valence-electron chi connectivity index (χ0n) is 25.5. The van der Waals surface area contributed by atoms with Crippen LogP contribution >= 0.6 is 0 Å². The number of esters is 1. The third-order valence-corrected chi connectivity index (χ3v) is 7.02. The molecule has 0 heterocycles. The third-order valence-electron chi connectivity index (χ3n) is 7.02. The highest BCUT2D eigenvalue weighted by Crippen LogP contribution is 2.27. The van der Waals surface area contributed by atoms with E-state index in [2.05, 4.69) is 10.6 Å². The van der Waals surface area contributed by atoms with E-state index in [1.165, 1.54) is 6.07 Å². The molecular weight excluding hydrogens is 554 g/mol. The second-order valence-corrected chi connectivity index (χ2v) is 11.7. The summed E-state index contributed by atoms with van der Waals surface area (Å²) in [5.41, 5.74) is 5.22. The molecule has 0 unspecified atom stereocenters. The Morgan fingerprint density at radius 3 is 2.20 bits per heavy atom. The quantitative estimate of drug-likeness (QED) is 0.0707. The predicted octanol–water partition coefficient (Wildman–Crippen LogP) is 7.86. The Labute approximate surface area is 258 Å². The van der Waals surface area contributed by atoms with Crippen molar-refractivity contribution in [3.63, 3.8) is 0 Å². The number of amides is 1. The predicted molar refractivity (Wildman–Crippen MR) is 173 cm³/mol. The van der Waals surface area contributed by atoms with E-state index < -0.39 is 5.60 Å². The van der Waals surface area contributed by atoms with Gasteiger partial charge >= 0.3 is 5.97 Å². The number of nitro benzene ring substituents is 1. The maximum absolute atomic E-state index is 12.7. The van der Waals surface area contributed by atoms with E-state index in [0.29, 0.717) is 49.9 Å². The van der Waals surface area contributed by atoms with E-state index in [4.69, 9.17) is 4.74 Å². The average Bonchev–Trinajstić information content (AvgIpc) is 3.01. The van der Waals surface area contributed by atoms with Gasteiger partial charge in [0.05, 0.1) is 10.5 Å². The van der Waals surface area contributed by atoms with Gasteiger partial charge in [-0.1, -0.05) is 72.8 Å². The monoisotopic (exact) mass is 593 g/mol. The van der Waals surface area contributed by atoms with Gasteiger partial charge in [-0.15, -0.1) is 0 Å². The largest absolute Gasteiger partial charge is 0.456 e. The molecule has 1 amide bonds. The van der Waals surface area contributed by atoms with E-state index >= 15 is 0 Å². The summed E-state index contributed by atoms with van der Waals surface area (Å²) in [5, 5.41) is 17.9. The summed E-state index contributed by atoms with van der Waals surface area (Å²) in [4.78, 5) is 36.5. The first-order valence-corrected chi connectivity index (χ1v) is 14.8. The summed E-state index contributed by atoms with van der Waals surface area (Å²) in [6.45, 7) is 6.53. The van der Waals surface area contributed by atoms with Crippen molar-refractivity contribution >= 4 is 23.3 Å². The number of carbonyl (C=O) groups excluding carboxylic acids is 2. The number of ether oxygens (including phenoxy) is 1. The van der Waals surface area contributed by atoms with Gasteiger partial charge in [0.2, 0.25) is 5.91 Å². The lowest BCUT2D eigenvalue weighted by molar-refractivity contribution is -0.385. The second-order valence-electron chi connectivity index (χ2n) is 11.7. The average molecular weight is 594 g/mol. The summed E-state index contributed by atoms with van der Waals surface area (Å²) < 4.78 is 5.57. The Balaban J connectivity index is 1.25. The Bertz CT molecular complexity index is 1580. The number of nitrogens with zero attached hydrogens (tertiary/aromatic N) is 1. The van der Waals surface area contributed by atoms with E-state index in [1.807, 2.05) is 99.6 Å². The molecule has 8 heteroatoms. The number of rotatable bonds is 13. The number of nitro groups is 1. The van der Waals surface area contributed by atoms with Crippen LogP contribution in [0.25, 0.3) is 11.1 Å². The van der Waals surface area contributed by atoms with E-state index in [1.54, 1.807) is 12.1 Å². The van der Waals surface area contributed by atoms with Crippen molar-refractivity contribution in [2.24, 2.45) is 0 Å².